The van der Waals surface area contributed by atoms with E-state index in [2.05, 4.69) is 9.88 Å². The van der Waals surface area contributed by atoms with Crippen molar-refractivity contribution < 1.29 is 27.4 Å². The van der Waals surface area contributed by atoms with Gasteiger partial charge in [-0.1, -0.05) is 17.4 Å². The second kappa shape index (κ2) is 10.1. The van der Waals surface area contributed by atoms with Gasteiger partial charge in [-0.15, -0.1) is 12.4 Å². The van der Waals surface area contributed by atoms with E-state index in [1.807, 2.05) is 0 Å². The zero-order chi connectivity index (χ0) is 21.1. The Kier molecular flexibility index (Phi) is 7.76. The highest BCUT2D eigenvalue weighted by Crippen LogP contribution is 2.33. The number of ether oxygens (including phenoxy) is 3. The molecule has 0 unspecified atom stereocenters. The van der Waals surface area contributed by atoms with Crippen molar-refractivity contribution in [2.45, 2.75) is 4.90 Å². The number of carbonyl (C=O) groups excluding carboxylic acids is 1. The number of sulfone groups is 1. The van der Waals surface area contributed by atoms with Crippen LogP contribution in [0.4, 0.5) is 5.13 Å². The van der Waals surface area contributed by atoms with Gasteiger partial charge in [0, 0.05) is 32.4 Å². The molecular weight excluding hydrogens is 466 g/mol. The molecule has 2 aliphatic heterocycles. The molecule has 9 nitrogen and oxygen atoms in total. The molecule has 170 valence electrons. The van der Waals surface area contributed by atoms with Crippen LogP contribution in [0.25, 0.3) is 10.2 Å². The van der Waals surface area contributed by atoms with Gasteiger partial charge in [-0.2, -0.15) is 0 Å². The minimum atomic E-state index is -3.45. The van der Waals surface area contributed by atoms with Gasteiger partial charge in [0.1, 0.15) is 25.0 Å². The van der Waals surface area contributed by atoms with Crippen molar-refractivity contribution in [2.24, 2.45) is 0 Å². The minimum absolute atomic E-state index is 0. The average Bonchev–Trinajstić information content (AvgIpc) is 3.18. The van der Waals surface area contributed by atoms with Gasteiger partial charge in [-0.3, -0.25) is 14.6 Å². The SMILES string of the molecule is CS(=O)(=O)c1cccc2sc(N(CCN3CCOCC3)C(=O)C3=COCCO3)nc12.Cl. The third-order valence-electron chi connectivity index (χ3n) is 4.85. The van der Waals surface area contributed by atoms with Gasteiger partial charge in [0.05, 0.1) is 22.8 Å². The topological polar surface area (TPSA) is 98.3 Å². The molecule has 2 aromatic rings. The fraction of sp³-hybridized carbons (Fsp3) is 0.474. The number of halogens is 1. The Morgan fingerprint density at radius 2 is 2.00 bits per heavy atom. The van der Waals surface area contributed by atoms with Gasteiger partial charge >= 0.3 is 0 Å². The van der Waals surface area contributed by atoms with Gasteiger partial charge in [0.25, 0.3) is 5.91 Å². The summed E-state index contributed by atoms with van der Waals surface area (Å²) in [6.07, 6.45) is 2.48. The maximum Gasteiger partial charge on any atom is 0.298 e. The Balaban J connectivity index is 0.00000272. The second-order valence-corrected chi connectivity index (χ2v) is 9.98. The van der Waals surface area contributed by atoms with Crippen LogP contribution >= 0.6 is 23.7 Å². The molecule has 1 saturated heterocycles. The van der Waals surface area contributed by atoms with Crippen LogP contribution in [0.2, 0.25) is 0 Å². The Morgan fingerprint density at radius 1 is 1.23 bits per heavy atom. The zero-order valence-corrected chi connectivity index (χ0v) is 19.4. The quantitative estimate of drug-likeness (QED) is 0.604. The summed E-state index contributed by atoms with van der Waals surface area (Å²) in [6.45, 7) is 4.62. The van der Waals surface area contributed by atoms with E-state index in [0.717, 1.165) is 19.3 Å². The lowest BCUT2D eigenvalue weighted by molar-refractivity contribution is -0.119. The maximum atomic E-state index is 13.2. The number of carbonyl (C=O) groups is 1. The highest BCUT2D eigenvalue weighted by molar-refractivity contribution is 7.91. The first-order valence-electron chi connectivity index (χ1n) is 9.59. The molecule has 0 atom stereocenters. The van der Waals surface area contributed by atoms with Crippen molar-refractivity contribution in [2.75, 3.05) is 63.8 Å². The molecule has 2 aliphatic rings. The van der Waals surface area contributed by atoms with Gasteiger partial charge in [0.2, 0.25) is 5.76 Å². The summed E-state index contributed by atoms with van der Waals surface area (Å²) in [7, 11) is -3.45. The van der Waals surface area contributed by atoms with Crippen molar-refractivity contribution in [3.05, 3.63) is 30.2 Å². The predicted molar refractivity (Wildman–Crippen MR) is 120 cm³/mol. The van der Waals surface area contributed by atoms with Crippen LogP contribution in [0.5, 0.6) is 0 Å². The standard InChI is InChI=1S/C19H23N3O6S2.ClH/c1-30(24,25)16-4-2-3-15-17(16)20-19(29-15)22(6-5-21-7-9-26-10-8-21)18(23)14-13-27-11-12-28-14;/h2-4,13H,5-12H2,1H3;1H. The molecular formula is C19H24ClN3O6S2. The molecule has 0 bridgehead atoms. The van der Waals surface area contributed by atoms with Crippen LogP contribution in [0.3, 0.4) is 0 Å². The number of nitrogens with zero attached hydrogens (tertiary/aromatic N) is 3. The second-order valence-electron chi connectivity index (χ2n) is 6.98. The molecule has 4 rings (SSSR count). The van der Waals surface area contributed by atoms with Crippen molar-refractivity contribution in [1.29, 1.82) is 0 Å². The van der Waals surface area contributed by atoms with E-state index in [1.54, 1.807) is 12.1 Å². The highest BCUT2D eigenvalue weighted by atomic mass is 35.5. The lowest BCUT2D eigenvalue weighted by Gasteiger charge is -2.29. The number of benzene rings is 1. The lowest BCUT2D eigenvalue weighted by atomic mass is 10.3. The average molecular weight is 490 g/mol. The molecule has 3 heterocycles. The number of anilines is 1. The number of aromatic nitrogens is 1. The molecule has 1 fully saturated rings. The van der Waals surface area contributed by atoms with E-state index in [9.17, 15) is 13.2 Å². The predicted octanol–water partition coefficient (Wildman–Crippen LogP) is 1.68. The van der Waals surface area contributed by atoms with Gasteiger partial charge < -0.3 is 14.2 Å². The first-order chi connectivity index (χ1) is 14.4. The lowest BCUT2D eigenvalue weighted by Crippen LogP contribution is -2.44. The van der Waals surface area contributed by atoms with E-state index in [1.165, 1.54) is 28.6 Å². The van der Waals surface area contributed by atoms with E-state index >= 15 is 0 Å². The van der Waals surface area contributed by atoms with Crippen molar-refractivity contribution in [3.8, 4) is 0 Å². The normalized spacial score (nSPS) is 17.3. The van der Waals surface area contributed by atoms with E-state index in [0.29, 0.717) is 54.9 Å². The van der Waals surface area contributed by atoms with Crippen molar-refractivity contribution in [1.82, 2.24) is 9.88 Å². The van der Waals surface area contributed by atoms with Crippen LogP contribution in [0, 0.1) is 0 Å². The Bertz CT molecular complexity index is 1070. The molecule has 0 saturated carbocycles. The summed E-state index contributed by atoms with van der Waals surface area (Å²) in [5.41, 5.74) is 0.374. The molecule has 0 radical (unpaired) electrons. The number of hydrogen-bond donors (Lipinski definition) is 0. The van der Waals surface area contributed by atoms with Crippen molar-refractivity contribution >= 4 is 54.8 Å². The summed E-state index contributed by atoms with van der Waals surface area (Å²) in [4.78, 5) is 21.6. The van der Waals surface area contributed by atoms with E-state index in [4.69, 9.17) is 14.2 Å². The minimum Gasteiger partial charge on any atom is -0.494 e. The summed E-state index contributed by atoms with van der Waals surface area (Å²) in [5, 5.41) is 0.425. The molecule has 1 aromatic carbocycles. The summed E-state index contributed by atoms with van der Waals surface area (Å²) in [6, 6.07) is 5.01. The third-order valence-corrected chi connectivity index (χ3v) is 7.02. The molecule has 0 spiro atoms. The van der Waals surface area contributed by atoms with Crippen molar-refractivity contribution in [3.63, 3.8) is 0 Å². The zero-order valence-electron chi connectivity index (χ0n) is 17.0. The Labute approximate surface area is 190 Å². The summed E-state index contributed by atoms with van der Waals surface area (Å²) < 4.78 is 41.1. The van der Waals surface area contributed by atoms with Crippen LogP contribution in [-0.4, -0.2) is 83.1 Å². The number of amides is 1. The van der Waals surface area contributed by atoms with Crippen LogP contribution in [0.15, 0.2) is 35.1 Å². The Hall–Kier alpha value is -1.92. The summed E-state index contributed by atoms with van der Waals surface area (Å²) in [5.74, 6) is -0.242. The Morgan fingerprint density at radius 3 is 2.68 bits per heavy atom. The van der Waals surface area contributed by atoms with Crippen LogP contribution < -0.4 is 4.90 Å². The molecule has 1 aromatic heterocycles. The molecule has 12 heteroatoms. The molecule has 1 amide bonds. The smallest absolute Gasteiger partial charge is 0.298 e. The van der Waals surface area contributed by atoms with Gasteiger partial charge in [-0.25, -0.2) is 13.4 Å². The molecule has 0 aliphatic carbocycles. The number of thiazole rings is 1. The molecule has 31 heavy (non-hydrogen) atoms. The number of fused-ring (bicyclic) bond motifs is 1. The third kappa shape index (κ3) is 5.47. The fourth-order valence-corrected chi connectivity index (χ4v) is 5.20. The first-order valence-corrected chi connectivity index (χ1v) is 12.3. The number of morpholine rings is 1. The fourth-order valence-electron chi connectivity index (χ4n) is 3.29. The maximum absolute atomic E-state index is 13.2. The van der Waals surface area contributed by atoms with E-state index < -0.39 is 9.84 Å². The number of rotatable bonds is 6. The summed E-state index contributed by atoms with van der Waals surface area (Å²) >= 11 is 1.28. The van der Waals surface area contributed by atoms with Crippen LogP contribution in [-0.2, 0) is 28.8 Å². The van der Waals surface area contributed by atoms with E-state index in [-0.39, 0.29) is 29.0 Å². The molecule has 0 N–H and O–H groups in total. The van der Waals surface area contributed by atoms with Gasteiger partial charge in [-0.05, 0) is 12.1 Å². The number of para-hydroxylation sites is 1. The largest absolute Gasteiger partial charge is 0.494 e. The van der Waals surface area contributed by atoms with Gasteiger partial charge in [0.15, 0.2) is 15.0 Å². The first kappa shape index (κ1) is 23.7. The number of hydrogen-bond acceptors (Lipinski definition) is 9. The highest BCUT2D eigenvalue weighted by Gasteiger charge is 2.28. The van der Waals surface area contributed by atoms with Crippen LogP contribution in [0.1, 0.15) is 0 Å². The monoisotopic (exact) mass is 489 g/mol.